The van der Waals surface area contributed by atoms with E-state index in [1.54, 1.807) is 7.05 Å². The number of nitrogens with one attached hydrogen (secondary N) is 1. The van der Waals surface area contributed by atoms with Crippen molar-refractivity contribution in [1.82, 2.24) is 4.72 Å². The summed E-state index contributed by atoms with van der Waals surface area (Å²) in [6, 6.07) is 9.41. The summed E-state index contributed by atoms with van der Waals surface area (Å²) in [6.07, 6.45) is -9.95. The van der Waals surface area contributed by atoms with E-state index in [2.05, 4.69) is 4.72 Å². The fraction of sp³-hybridized carbons (Fsp3) is 0.333. The molecule has 0 aliphatic heterocycles. The molecular weight excluding hydrogens is 422 g/mol. The second-order valence-electron chi connectivity index (χ2n) is 6.25. The SMILES string of the molecule is CN(CCCNS(=O)(=O)c1cc(C(F)(F)F)cc(C(F)(F)F)c1)c1ccccc1. The van der Waals surface area contributed by atoms with Crippen molar-refractivity contribution in [3.8, 4) is 0 Å². The summed E-state index contributed by atoms with van der Waals surface area (Å²) in [5, 5.41) is 0. The topological polar surface area (TPSA) is 49.4 Å². The second-order valence-corrected chi connectivity index (χ2v) is 8.02. The van der Waals surface area contributed by atoms with Crippen molar-refractivity contribution in [1.29, 1.82) is 0 Å². The van der Waals surface area contributed by atoms with Crippen LogP contribution in [0.1, 0.15) is 17.5 Å². The molecule has 0 saturated carbocycles. The number of rotatable bonds is 7. The van der Waals surface area contributed by atoms with Crippen LogP contribution in [0.15, 0.2) is 53.4 Å². The number of benzene rings is 2. The highest BCUT2D eigenvalue weighted by Gasteiger charge is 2.38. The maximum atomic E-state index is 12.9. The van der Waals surface area contributed by atoms with Crippen LogP contribution < -0.4 is 9.62 Å². The van der Waals surface area contributed by atoms with Crippen LogP contribution in [0.3, 0.4) is 0 Å². The van der Waals surface area contributed by atoms with Gasteiger partial charge in [-0.1, -0.05) is 18.2 Å². The molecule has 0 amide bonds. The van der Waals surface area contributed by atoms with Crippen molar-refractivity contribution in [3.05, 3.63) is 59.7 Å². The molecule has 11 heteroatoms. The van der Waals surface area contributed by atoms with Crippen molar-refractivity contribution < 1.29 is 34.8 Å². The molecule has 0 atom stereocenters. The van der Waals surface area contributed by atoms with Gasteiger partial charge in [-0.2, -0.15) is 26.3 Å². The summed E-state index contributed by atoms with van der Waals surface area (Å²) in [6.45, 7) is 0.264. The van der Waals surface area contributed by atoms with Gasteiger partial charge in [-0.3, -0.25) is 0 Å². The van der Waals surface area contributed by atoms with Gasteiger partial charge >= 0.3 is 12.4 Å². The molecule has 29 heavy (non-hydrogen) atoms. The second kappa shape index (κ2) is 8.62. The van der Waals surface area contributed by atoms with Crippen LogP contribution in [0, 0.1) is 0 Å². The molecule has 0 saturated heterocycles. The van der Waals surface area contributed by atoms with E-state index in [0.29, 0.717) is 6.54 Å². The van der Waals surface area contributed by atoms with Crippen molar-refractivity contribution in [3.63, 3.8) is 0 Å². The lowest BCUT2D eigenvalue weighted by Gasteiger charge is -2.19. The summed E-state index contributed by atoms with van der Waals surface area (Å²) in [5.41, 5.74) is -2.49. The number of sulfonamides is 1. The minimum absolute atomic E-state index is 0.117. The maximum Gasteiger partial charge on any atom is 0.416 e. The van der Waals surface area contributed by atoms with Gasteiger partial charge in [-0.15, -0.1) is 0 Å². The molecule has 4 nitrogen and oxygen atoms in total. The van der Waals surface area contributed by atoms with Crippen molar-refractivity contribution in [2.75, 3.05) is 25.0 Å². The summed E-state index contributed by atoms with van der Waals surface area (Å²) < 4.78 is 104. The first-order valence-electron chi connectivity index (χ1n) is 8.36. The fourth-order valence-corrected chi connectivity index (χ4v) is 3.64. The van der Waals surface area contributed by atoms with Crippen molar-refractivity contribution in [2.45, 2.75) is 23.7 Å². The third kappa shape index (κ3) is 6.36. The Morgan fingerprint density at radius 1 is 0.897 bits per heavy atom. The third-order valence-electron chi connectivity index (χ3n) is 4.03. The Morgan fingerprint density at radius 2 is 1.41 bits per heavy atom. The summed E-state index contributed by atoms with van der Waals surface area (Å²) in [5.74, 6) is 0. The highest BCUT2D eigenvalue weighted by atomic mass is 32.2. The predicted molar refractivity (Wildman–Crippen MR) is 96.0 cm³/mol. The average molecular weight is 440 g/mol. The van der Waals surface area contributed by atoms with Gasteiger partial charge in [0.25, 0.3) is 0 Å². The number of alkyl halides is 6. The smallest absolute Gasteiger partial charge is 0.375 e. The van der Waals surface area contributed by atoms with Gasteiger partial charge in [-0.05, 0) is 36.8 Å². The first-order valence-corrected chi connectivity index (χ1v) is 9.84. The lowest BCUT2D eigenvalue weighted by atomic mass is 10.1. The Labute approximate surface area is 164 Å². The van der Waals surface area contributed by atoms with E-state index in [0.717, 1.165) is 5.69 Å². The van der Waals surface area contributed by atoms with Crippen LogP contribution in [0.25, 0.3) is 0 Å². The standard InChI is InChI=1S/C18H18F6N2O2S/c1-26(15-6-3-2-4-7-15)9-5-8-25-29(27,28)16-11-13(17(19,20)21)10-14(12-16)18(22,23)24/h2-4,6-7,10-12,25H,5,8-9H2,1H3. The number of hydrogen-bond donors (Lipinski definition) is 1. The number of anilines is 1. The maximum absolute atomic E-state index is 12.9. The fourth-order valence-electron chi connectivity index (χ4n) is 2.50. The molecule has 1 N–H and O–H groups in total. The van der Waals surface area contributed by atoms with Gasteiger partial charge in [0.05, 0.1) is 16.0 Å². The minimum atomic E-state index is -5.12. The van der Waals surface area contributed by atoms with E-state index in [1.807, 2.05) is 35.2 Å². The third-order valence-corrected chi connectivity index (χ3v) is 5.47. The molecule has 0 heterocycles. The molecule has 0 aliphatic carbocycles. The van der Waals surface area contributed by atoms with Crippen molar-refractivity contribution in [2.24, 2.45) is 0 Å². The molecule has 0 aromatic heterocycles. The highest BCUT2D eigenvalue weighted by Crippen LogP contribution is 2.37. The van der Waals surface area contributed by atoms with Crippen LogP contribution in [-0.4, -0.2) is 28.6 Å². The van der Waals surface area contributed by atoms with Gasteiger partial charge in [0, 0.05) is 25.8 Å². The zero-order valence-electron chi connectivity index (χ0n) is 15.2. The molecule has 0 unspecified atom stereocenters. The van der Waals surface area contributed by atoms with E-state index in [4.69, 9.17) is 0 Å². The Balaban J connectivity index is 2.12. The molecule has 0 spiro atoms. The number of nitrogens with zero attached hydrogens (tertiary/aromatic N) is 1. The van der Waals surface area contributed by atoms with Gasteiger partial charge in [-0.25, -0.2) is 13.1 Å². The number of halogens is 6. The minimum Gasteiger partial charge on any atom is -0.375 e. The molecular formula is C18H18F6N2O2S. The van der Waals surface area contributed by atoms with Crippen LogP contribution in [0.5, 0.6) is 0 Å². The quantitative estimate of drug-likeness (QED) is 0.509. The van der Waals surface area contributed by atoms with Crippen LogP contribution >= 0.6 is 0 Å². The highest BCUT2D eigenvalue weighted by molar-refractivity contribution is 7.89. The van der Waals surface area contributed by atoms with E-state index in [9.17, 15) is 34.8 Å². The molecule has 160 valence electrons. The molecule has 2 aromatic carbocycles. The molecule has 0 fully saturated rings. The first-order chi connectivity index (χ1) is 13.3. The first kappa shape index (κ1) is 23.0. The summed E-state index contributed by atoms with van der Waals surface area (Å²) in [4.78, 5) is 0.747. The van der Waals surface area contributed by atoms with E-state index >= 15 is 0 Å². The lowest BCUT2D eigenvalue weighted by molar-refractivity contribution is -0.143. The largest absolute Gasteiger partial charge is 0.416 e. The molecule has 0 aliphatic rings. The van der Waals surface area contributed by atoms with Gasteiger partial charge in [0.15, 0.2) is 0 Å². The normalized spacial score (nSPS) is 12.8. The lowest BCUT2D eigenvalue weighted by Crippen LogP contribution is -2.29. The predicted octanol–water partition coefficient (Wildman–Crippen LogP) is 4.53. The zero-order chi connectivity index (χ0) is 21.9. The van der Waals surface area contributed by atoms with Crippen LogP contribution in [-0.2, 0) is 22.4 Å². The van der Waals surface area contributed by atoms with E-state index in [-0.39, 0.29) is 31.2 Å². The van der Waals surface area contributed by atoms with Crippen molar-refractivity contribution >= 4 is 15.7 Å². The van der Waals surface area contributed by atoms with Gasteiger partial charge in [0.1, 0.15) is 0 Å². The Bertz CT molecular complexity index is 895. The van der Waals surface area contributed by atoms with Gasteiger partial charge in [0.2, 0.25) is 10.0 Å². The van der Waals surface area contributed by atoms with Crippen LogP contribution in [0.4, 0.5) is 32.0 Å². The van der Waals surface area contributed by atoms with Gasteiger partial charge < -0.3 is 4.90 Å². The Morgan fingerprint density at radius 3 is 1.90 bits per heavy atom. The molecule has 0 radical (unpaired) electrons. The summed E-state index contributed by atoms with van der Waals surface area (Å²) in [7, 11) is -2.79. The van der Waals surface area contributed by atoms with E-state index in [1.165, 1.54) is 0 Å². The molecule has 0 bridgehead atoms. The number of para-hydroxylation sites is 1. The molecule has 2 rings (SSSR count). The summed E-state index contributed by atoms with van der Waals surface area (Å²) >= 11 is 0. The average Bonchev–Trinajstić information content (AvgIpc) is 2.64. The molecule has 2 aromatic rings. The monoisotopic (exact) mass is 440 g/mol. The Kier molecular flexibility index (Phi) is 6.84. The zero-order valence-corrected chi connectivity index (χ0v) is 16.0. The Hall–Kier alpha value is -2.27. The number of hydrogen-bond acceptors (Lipinski definition) is 3. The van der Waals surface area contributed by atoms with Crippen LogP contribution in [0.2, 0.25) is 0 Å². The van der Waals surface area contributed by atoms with E-state index < -0.39 is 38.4 Å².